The topological polar surface area (TPSA) is 63.4 Å². The molecule has 0 amide bonds. The second-order valence-corrected chi connectivity index (χ2v) is 8.38. The van der Waals surface area contributed by atoms with Crippen molar-refractivity contribution in [1.82, 2.24) is 4.31 Å². The van der Waals surface area contributed by atoms with Gasteiger partial charge in [-0.1, -0.05) is 22.9 Å². The van der Waals surface area contributed by atoms with Crippen LogP contribution in [0.15, 0.2) is 21.5 Å². The van der Waals surface area contributed by atoms with Gasteiger partial charge in [-0.15, -0.1) is 0 Å². The van der Waals surface area contributed by atoms with Crippen molar-refractivity contribution in [2.75, 3.05) is 6.54 Å². The Labute approximate surface area is 129 Å². The third-order valence-electron chi connectivity index (χ3n) is 3.91. The van der Waals surface area contributed by atoms with Gasteiger partial charge in [0.25, 0.3) is 0 Å². The zero-order valence-corrected chi connectivity index (χ0v) is 14.5. The van der Waals surface area contributed by atoms with Gasteiger partial charge >= 0.3 is 0 Å². The standard InChI is InChI=1S/C14H21BrN2O2S/c1-9-4-10(2)17(8-9)20(18,19)14-6-12(7-16)5-13(15)11(14)3/h5-6,9-10H,4,7-8,16H2,1-3H3. The van der Waals surface area contributed by atoms with E-state index in [1.165, 1.54) is 0 Å². The van der Waals surface area contributed by atoms with E-state index in [0.717, 1.165) is 22.0 Å². The van der Waals surface area contributed by atoms with E-state index < -0.39 is 10.0 Å². The molecular formula is C14H21BrN2O2S. The lowest BCUT2D eigenvalue weighted by atomic mass is 10.1. The van der Waals surface area contributed by atoms with Crippen LogP contribution in [0, 0.1) is 12.8 Å². The van der Waals surface area contributed by atoms with Gasteiger partial charge in [0.2, 0.25) is 10.0 Å². The molecule has 1 heterocycles. The number of hydrogen-bond acceptors (Lipinski definition) is 3. The maximum atomic E-state index is 12.9. The molecule has 0 saturated carbocycles. The molecule has 0 aromatic heterocycles. The van der Waals surface area contributed by atoms with Crippen LogP contribution >= 0.6 is 15.9 Å². The van der Waals surface area contributed by atoms with E-state index in [1.807, 2.05) is 19.9 Å². The summed E-state index contributed by atoms with van der Waals surface area (Å²) < 4.78 is 28.2. The minimum atomic E-state index is -3.46. The molecule has 1 aliphatic rings. The van der Waals surface area contributed by atoms with Crippen molar-refractivity contribution in [3.63, 3.8) is 0 Å². The molecule has 1 fully saturated rings. The molecule has 1 aromatic carbocycles. The first-order valence-corrected chi connectivity index (χ1v) is 9.01. The minimum Gasteiger partial charge on any atom is -0.326 e. The van der Waals surface area contributed by atoms with E-state index >= 15 is 0 Å². The Kier molecular flexibility index (Phi) is 4.59. The Hall–Kier alpha value is -0.430. The number of nitrogens with zero attached hydrogens (tertiary/aromatic N) is 1. The van der Waals surface area contributed by atoms with Crippen molar-refractivity contribution in [1.29, 1.82) is 0 Å². The van der Waals surface area contributed by atoms with Crippen molar-refractivity contribution in [2.24, 2.45) is 11.7 Å². The normalized spacial score (nSPS) is 24.2. The summed E-state index contributed by atoms with van der Waals surface area (Å²) in [5, 5.41) is 0. The predicted octanol–water partition coefficient (Wildman–Crippen LogP) is 2.64. The van der Waals surface area contributed by atoms with Gasteiger partial charge in [-0.3, -0.25) is 0 Å². The first-order valence-electron chi connectivity index (χ1n) is 6.78. The Morgan fingerprint density at radius 3 is 2.55 bits per heavy atom. The number of halogens is 1. The molecule has 20 heavy (non-hydrogen) atoms. The number of benzene rings is 1. The second kappa shape index (κ2) is 5.75. The van der Waals surface area contributed by atoms with Crippen LogP contribution in [0.5, 0.6) is 0 Å². The van der Waals surface area contributed by atoms with Crippen LogP contribution in [0.1, 0.15) is 31.4 Å². The number of hydrogen-bond donors (Lipinski definition) is 1. The lowest BCUT2D eigenvalue weighted by molar-refractivity contribution is 0.405. The van der Waals surface area contributed by atoms with Crippen LogP contribution in [-0.2, 0) is 16.6 Å². The molecule has 2 unspecified atom stereocenters. The largest absolute Gasteiger partial charge is 0.326 e. The molecule has 2 rings (SSSR count). The first kappa shape index (κ1) is 15.9. The van der Waals surface area contributed by atoms with E-state index in [-0.39, 0.29) is 6.04 Å². The smallest absolute Gasteiger partial charge is 0.243 e. The van der Waals surface area contributed by atoms with Gasteiger partial charge in [0.05, 0.1) is 4.90 Å². The fraction of sp³-hybridized carbons (Fsp3) is 0.571. The summed E-state index contributed by atoms with van der Waals surface area (Å²) in [7, 11) is -3.46. The lowest BCUT2D eigenvalue weighted by Crippen LogP contribution is -2.34. The third-order valence-corrected chi connectivity index (χ3v) is 6.84. The zero-order chi connectivity index (χ0) is 15.1. The fourth-order valence-corrected chi connectivity index (χ4v) is 5.51. The maximum Gasteiger partial charge on any atom is 0.243 e. The average molecular weight is 361 g/mol. The summed E-state index contributed by atoms with van der Waals surface area (Å²) in [6, 6.07) is 3.63. The van der Waals surface area contributed by atoms with E-state index in [0.29, 0.717) is 23.9 Å². The Morgan fingerprint density at radius 2 is 2.05 bits per heavy atom. The minimum absolute atomic E-state index is 0.0507. The summed E-state index contributed by atoms with van der Waals surface area (Å²) in [5.41, 5.74) is 7.22. The lowest BCUT2D eigenvalue weighted by Gasteiger charge is -2.23. The fourth-order valence-electron chi connectivity index (χ4n) is 2.82. The quantitative estimate of drug-likeness (QED) is 0.900. The van der Waals surface area contributed by atoms with Crippen molar-refractivity contribution in [3.8, 4) is 0 Å². The molecule has 1 aliphatic heterocycles. The van der Waals surface area contributed by atoms with Crippen LogP contribution in [0.2, 0.25) is 0 Å². The van der Waals surface area contributed by atoms with Crippen LogP contribution in [0.4, 0.5) is 0 Å². The van der Waals surface area contributed by atoms with Gasteiger partial charge in [0.15, 0.2) is 0 Å². The van der Waals surface area contributed by atoms with Gasteiger partial charge < -0.3 is 5.73 Å². The highest BCUT2D eigenvalue weighted by Gasteiger charge is 2.37. The van der Waals surface area contributed by atoms with E-state index in [1.54, 1.807) is 10.4 Å². The van der Waals surface area contributed by atoms with Gasteiger partial charge in [-0.25, -0.2) is 8.42 Å². The maximum absolute atomic E-state index is 12.9. The average Bonchev–Trinajstić information content (AvgIpc) is 2.72. The summed E-state index contributed by atoms with van der Waals surface area (Å²) >= 11 is 3.43. The van der Waals surface area contributed by atoms with Crippen LogP contribution in [-0.4, -0.2) is 25.3 Å². The molecule has 2 atom stereocenters. The Morgan fingerprint density at radius 1 is 1.40 bits per heavy atom. The predicted molar refractivity (Wildman–Crippen MR) is 83.9 cm³/mol. The zero-order valence-electron chi connectivity index (χ0n) is 12.1. The van der Waals surface area contributed by atoms with Crippen molar-refractivity contribution in [2.45, 2.75) is 44.7 Å². The summed E-state index contributed by atoms with van der Waals surface area (Å²) in [4.78, 5) is 0.369. The molecule has 1 aromatic rings. The summed E-state index contributed by atoms with van der Waals surface area (Å²) in [6.45, 7) is 6.80. The van der Waals surface area contributed by atoms with E-state index in [2.05, 4.69) is 22.9 Å². The van der Waals surface area contributed by atoms with Crippen LogP contribution in [0.3, 0.4) is 0 Å². The number of sulfonamides is 1. The Bertz CT molecular complexity index is 616. The summed E-state index contributed by atoms with van der Waals surface area (Å²) in [6.07, 6.45) is 0.913. The molecule has 6 heteroatoms. The first-order chi connectivity index (χ1) is 9.27. The highest BCUT2D eigenvalue weighted by atomic mass is 79.9. The highest BCUT2D eigenvalue weighted by molar-refractivity contribution is 9.10. The molecular weight excluding hydrogens is 340 g/mol. The molecule has 0 radical (unpaired) electrons. The van der Waals surface area contributed by atoms with Gasteiger partial charge in [0.1, 0.15) is 0 Å². The van der Waals surface area contributed by atoms with Crippen molar-refractivity contribution in [3.05, 3.63) is 27.7 Å². The molecule has 1 saturated heterocycles. The van der Waals surface area contributed by atoms with E-state index in [4.69, 9.17) is 5.73 Å². The van der Waals surface area contributed by atoms with Gasteiger partial charge in [-0.05, 0) is 49.4 Å². The molecule has 0 bridgehead atoms. The van der Waals surface area contributed by atoms with Crippen molar-refractivity contribution >= 4 is 26.0 Å². The molecule has 4 nitrogen and oxygen atoms in total. The van der Waals surface area contributed by atoms with Gasteiger partial charge in [-0.2, -0.15) is 4.31 Å². The second-order valence-electron chi connectivity index (χ2n) is 5.67. The van der Waals surface area contributed by atoms with Crippen LogP contribution < -0.4 is 5.73 Å². The highest BCUT2D eigenvalue weighted by Crippen LogP contribution is 2.33. The molecule has 112 valence electrons. The molecule has 0 spiro atoms. The van der Waals surface area contributed by atoms with Crippen molar-refractivity contribution < 1.29 is 8.42 Å². The summed E-state index contributed by atoms with van der Waals surface area (Å²) in [5.74, 6) is 0.404. The van der Waals surface area contributed by atoms with Crippen LogP contribution in [0.25, 0.3) is 0 Å². The SMILES string of the molecule is Cc1c(Br)cc(CN)cc1S(=O)(=O)N1CC(C)CC1C. The third kappa shape index (κ3) is 2.79. The molecule has 2 N–H and O–H groups in total. The monoisotopic (exact) mass is 360 g/mol. The molecule has 0 aliphatic carbocycles. The number of rotatable bonds is 3. The number of nitrogens with two attached hydrogens (primary N) is 1. The van der Waals surface area contributed by atoms with Gasteiger partial charge in [0, 0.05) is 23.6 Å². The Balaban J connectivity index is 2.52. The van der Waals surface area contributed by atoms with E-state index in [9.17, 15) is 8.42 Å².